The number of carbonyl (C=O) groups is 2. The van der Waals surface area contributed by atoms with E-state index in [-0.39, 0.29) is 6.03 Å². The molecular formula is C12H20N2O4. The lowest BCUT2D eigenvalue weighted by Gasteiger charge is -2.38. The highest BCUT2D eigenvalue weighted by Gasteiger charge is 2.36. The molecule has 2 fully saturated rings. The van der Waals surface area contributed by atoms with Gasteiger partial charge in [-0.15, -0.1) is 0 Å². The highest BCUT2D eigenvalue weighted by Crippen LogP contribution is 2.28. The third kappa shape index (κ3) is 3.35. The van der Waals surface area contributed by atoms with Crippen molar-refractivity contribution in [1.82, 2.24) is 9.80 Å². The van der Waals surface area contributed by atoms with E-state index in [0.717, 1.165) is 12.5 Å². The monoisotopic (exact) mass is 256 g/mol. The summed E-state index contributed by atoms with van der Waals surface area (Å²) in [6.45, 7) is 2.55. The van der Waals surface area contributed by atoms with Crippen LogP contribution in [0.25, 0.3) is 0 Å². The number of carbonyl (C=O) groups excluding carboxylic acids is 1. The van der Waals surface area contributed by atoms with Crippen molar-refractivity contribution in [2.45, 2.75) is 12.8 Å². The fourth-order valence-electron chi connectivity index (χ4n) is 1.86. The molecule has 0 radical (unpaired) electrons. The van der Waals surface area contributed by atoms with Crippen LogP contribution in [0.15, 0.2) is 0 Å². The second-order valence-electron chi connectivity index (χ2n) is 5.16. The normalized spacial score (nSPS) is 19.5. The highest BCUT2D eigenvalue weighted by atomic mass is 16.5. The van der Waals surface area contributed by atoms with Crippen LogP contribution >= 0.6 is 0 Å². The van der Waals surface area contributed by atoms with Crippen molar-refractivity contribution < 1.29 is 19.4 Å². The minimum absolute atomic E-state index is 0.109. The van der Waals surface area contributed by atoms with E-state index in [4.69, 9.17) is 9.84 Å². The van der Waals surface area contributed by atoms with Crippen molar-refractivity contribution in [3.8, 4) is 0 Å². The molecule has 1 N–H and O–H groups in total. The number of likely N-dealkylation sites (tertiary alicyclic amines) is 1. The Morgan fingerprint density at radius 2 is 2.06 bits per heavy atom. The summed E-state index contributed by atoms with van der Waals surface area (Å²) in [6.07, 6.45) is 2.53. The van der Waals surface area contributed by atoms with Crippen LogP contribution in [0.2, 0.25) is 0 Å². The second-order valence-corrected chi connectivity index (χ2v) is 5.16. The maximum Gasteiger partial charge on any atom is 0.319 e. The van der Waals surface area contributed by atoms with Gasteiger partial charge in [0.25, 0.3) is 0 Å². The summed E-state index contributed by atoms with van der Waals surface area (Å²) in [5.41, 5.74) is 0. The summed E-state index contributed by atoms with van der Waals surface area (Å²) in [5, 5.41) is 8.73. The van der Waals surface area contributed by atoms with E-state index >= 15 is 0 Å². The second kappa shape index (κ2) is 5.56. The first-order valence-corrected chi connectivity index (χ1v) is 6.38. The Hall–Kier alpha value is -1.30. The number of rotatable bonds is 6. The molecule has 18 heavy (non-hydrogen) atoms. The number of carboxylic acid groups (broad SMARTS) is 1. The van der Waals surface area contributed by atoms with E-state index in [0.29, 0.717) is 26.2 Å². The molecule has 1 heterocycles. The Labute approximate surface area is 106 Å². The van der Waals surface area contributed by atoms with Crippen LogP contribution in [0.5, 0.6) is 0 Å². The Balaban J connectivity index is 1.58. The van der Waals surface area contributed by atoms with E-state index in [2.05, 4.69) is 0 Å². The van der Waals surface area contributed by atoms with Crippen molar-refractivity contribution in [2.24, 2.45) is 11.8 Å². The number of likely N-dealkylation sites (N-methyl/N-ethyl adjacent to an activating group) is 1. The average Bonchev–Trinajstić information content (AvgIpc) is 3.05. The van der Waals surface area contributed by atoms with Gasteiger partial charge in [-0.1, -0.05) is 0 Å². The molecule has 6 nitrogen and oxygen atoms in total. The maximum absolute atomic E-state index is 11.8. The van der Waals surface area contributed by atoms with E-state index in [1.165, 1.54) is 12.8 Å². The van der Waals surface area contributed by atoms with E-state index in [9.17, 15) is 9.59 Å². The third-order valence-electron chi connectivity index (χ3n) is 3.45. The molecule has 2 rings (SSSR count). The lowest BCUT2D eigenvalue weighted by molar-refractivity contribution is -0.146. The van der Waals surface area contributed by atoms with Gasteiger partial charge in [0.1, 0.15) is 0 Å². The van der Waals surface area contributed by atoms with Crippen LogP contribution in [-0.4, -0.2) is 66.8 Å². The van der Waals surface area contributed by atoms with Gasteiger partial charge >= 0.3 is 12.0 Å². The third-order valence-corrected chi connectivity index (χ3v) is 3.45. The lowest BCUT2D eigenvalue weighted by atomic mass is 10.0. The molecule has 0 bridgehead atoms. The first kappa shape index (κ1) is 13.1. The maximum atomic E-state index is 11.8. The van der Waals surface area contributed by atoms with Crippen molar-refractivity contribution in [1.29, 1.82) is 0 Å². The number of ether oxygens (including phenoxy) is 1. The zero-order valence-electron chi connectivity index (χ0n) is 10.7. The summed E-state index contributed by atoms with van der Waals surface area (Å²) >= 11 is 0. The zero-order chi connectivity index (χ0) is 13.1. The van der Waals surface area contributed by atoms with Gasteiger partial charge in [0.2, 0.25) is 0 Å². The number of hydrogen-bond donors (Lipinski definition) is 1. The fourth-order valence-corrected chi connectivity index (χ4v) is 1.86. The van der Waals surface area contributed by atoms with Gasteiger partial charge in [-0.05, 0) is 18.8 Å². The number of hydrogen-bond acceptors (Lipinski definition) is 3. The summed E-state index contributed by atoms with van der Waals surface area (Å²) < 4.78 is 5.46. The van der Waals surface area contributed by atoms with Gasteiger partial charge in [-0.25, -0.2) is 4.79 Å². The smallest absolute Gasteiger partial charge is 0.319 e. The van der Waals surface area contributed by atoms with Gasteiger partial charge in [0, 0.05) is 33.3 Å². The van der Waals surface area contributed by atoms with Crippen LogP contribution < -0.4 is 0 Å². The molecule has 1 saturated heterocycles. The SMILES string of the molecule is CN(CCOCC1CC1)C(=O)N1CC(C(=O)O)C1. The first-order chi connectivity index (χ1) is 8.58. The number of nitrogens with zero attached hydrogens (tertiary/aromatic N) is 2. The molecule has 102 valence electrons. The van der Waals surface area contributed by atoms with Crippen LogP contribution in [0.1, 0.15) is 12.8 Å². The number of amides is 2. The van der Waals surface area contributed by atoms with Crippen molar-refractivity contribution in [3.63, 3.8) is 0 Å². The van der Waals surface area contributed by atoms with Crippen LogP contribution in [-0.2, 0) is 9.53 Å². The molecule has 0 aromatic carbocycles. The summed E-state index contributed by atoms with van der Waals surface area (Å²) in [7, 11) is 1.72. The van der Waals surface area contributed by atoms with Crippen LogP contribution in [0.4, 0.5) is 4.79 Å². The molecule has 0 atom stereocenters. The van der Waals surface area contributed by atoms with Gasteiger partial charge in [-0.2, -0.15) is 0 Å². The summed E-state index contributed by atoms with van der Waals surface area (Å²) in [5.74, 6) is -0.486. The van der Waals surface area contributed by atoms with Gasteiger partial charge < -0.3 is 19.6 Å². The molecule has 0 aromatic heterocycles. The summed E-state index contributed by atoms with van der Waals surface area (Å²) in [4.78, 5) is 25.6. The molecular weight excluding hydrogens is 236 g/mol. The topological polar surface area (TPSA) is 70.1 Å². The van der Waals surface area contributed by atoms with Crippen LogP contribution in [0, 0.1) is 11.8 Å². The highest BCUT2D eigenvalue weighted by molar-refractivity contribution is 5.79. The number of carboxylic acids is 1. The Morgan fingerprint density at radius 3 is 2.61 bits per heavy atom. The molecule has 2 amide bonds. The Kier molecular flexibility index (Phi) is 4.06. The molecule has 1 saturated carbocycles. The predicted molar refractivity (Wildman–Crippen MR) is 64.3 cm³/mol. The van der Waals surface area contributed by atoms with Gasteiger partial charge in [0.15, 0.2) is 0 Å². The van der Waals surface area contributed by atoms with E-state index in [1.807, 2.05) is 0 Å². The number of urea groups is 1. The largest absolute Gasteiger partial charge is 0.481 e. The molecule has 1 aliphatic heterocycles. The minimum Gasteiger partial charge on any atom is -0.481 e. The quantitative estimate of drug-likeness (QED) is 0.702. The minimum atomic E-state index is -0.825. The zero-order valence-corrected chi connectivity index (χ0v) is 10.7. The van der Waals surface area contributed by atoms with E-state index < -0.39 is 11.9 Å². The van der Waals surface area contributed by atoms with Gasteiger partial charge in [0.05, 0.1) is 12.5 Å². The number of aliphatic carboxylic acids is 1. The van der Waals surface area contributed by atoms with Crippen molar-refractivity contribution >= 4 is 12.0 Å². The Morgan fingerprint density at radius 1 is 1.39 bits per heavy atom. The molecule has 1 aliphatic carbocycles. The van der Waals surface area contributed by atoms with Crippen molar-refractivity contribution in [2.75, 3.05) is 39.9 Å². The molecule has 0 spiro atoms. The molecule has 0 aromatic rings. The molecule has 2 aliphatic rings. The lowest BCUT2D eigenvalue weighted by Crippen LogP contribution is -2.56. The summed E-state index contributed by atoms with van der Waals surface area (Å²) in [6, 6.07) is -0.109. The first-order valence-electron chi connectivity index (χ1n) is 6.38. The van der Waals surface area contributed by atoms with Crippen LogP contribution in [0.3, 0.4) is 0 Å². The fraction of sp³-hybridized carbons (Fsp3) is 0.833. The molecule has 6 heteroatoms. The average molecular weight is 256 g/mol. The standard InChI is InChI=1S/C12H20N2O4/c1-13(4-5-18-8-9-2-3-9)12(17)14-6-10(7-14)11(15)16/h9-10H,2-8H2,1H3,(H,15,16). The van der Waals surface area contributed by atoms with Gasteiger partial charge in [-0.3, -0.25) is 4.79 Å². The molecule has 0 unspecified atom stereocenters. The van der Waals surface area contributed by atoms with Crippen molar-refractivity contribution in [3.05, 3.63) is 0 Å². The predicted octanol–water partition coefficient (Wildman–Crippen LogP) is 0.481. The van der Waals surface area contributed by atoms with E-state index in [1.54, 1.807) is 16.8 Å². The Bertz CT molecular complexity index is 324.